The van der Waals surface area contributed by atoms with E-state index >= 15 is 0 Å². The zero-order valence-corrected chi connectivity index (χ0v) is 10.4. The summed E-state index contributed by atoms with van der Waals surface area (Å²) in [5.41, 5.74) is -0.596. The number of sulfone groups is 1. The molecule has 1 fully saturated rings. The maximum absolute atomic E-state index is 11.3. The summed E-state index contributed by atoms with van der Waals surface area (Å²) in [6.45, 7) is 1.47. The molecule has 1 rings (SSSR count). The highest BCUT2D eigenvalue weighted by Gasteiger charge is 2.38. The lowest BCUT2D eigenvalue weighted by molar-refractivity contribution is -0.135. The van der Waals surface area contributed by atoms with Gasteiger partial charge >= 0.3 is 5.97 Å². The number of hydrogen-bond donors (Lipinski definition) is 3. The molecule has 0 aromatic carbocycles. The fraction of sp³-hybridized carbons (Fsp3) is 0.750. The Hall–Kier alpha value is -0.890. The summed E-state index contributed by atoms with van der Waals surface area (Å²) in [6, 6.07) is 0. The molecule has 0 aromatic heterocycles. The minimum atomic E-state index is -3.00. The predicted octanol–water partition coefficient (Wildman–Crippen LogP) is -0.888. The van der Waals surface area contributed by atoms with Crippen molar-refractivity contribution in [2.45, 2.75) is 18.9 Å². The van der Waals surface area contributed by atoms with E-state index in [9.17, 15) is 13.2 Å². The van der Waals surface area contributed by atoms with Crippen molar-refractivity contribution in [1.82, 2.24) is 10.6 Å². The van der Waals surface area contributed by atoms with E-state index < -0.39 is 21.3 Å². The molecule has 92 valence electrons. The van der Waals surface area contributed by atoms with E-state index in [4.69, 9.17) is 17.3 Å². The van der Waals surface area contributed by atoms with Gasteiger partial charge in [-0.25, -0.2) is 8.42 Å². The molecule has 1 unspecified atom stereocenters. The van der Waals surface area contributed by atoms with Gasteiger partial charge in [-0.15, -0.1) is 0 Å². The quantitative estimate of drug-likeness (QED) is 0.570. The molecule has 1 heterocycles. The van der Waals surface area contributed by atoms with E-state index in [2.05, 4.69) is 10.6 Å². The third-order valence-corrected chi connectivity index (χ3v) is 4.47. The Morgan fingerprint density at radius 1 is 1.56 bits per heavy atom. The van der Waals surface area contributed by atoms with Crippen molar-refractivity contribution in [3.05, 3.63) is 0 Å². The Morgan fingerprint density at radius 3 is 2.62 bits per heavy atom. The lowest BCUT2D eigenvalue weighted by atomic mass is 10.0. The Bertz CT molecular complexity index is 406. The molecule has 1 aliphatic rings. The topological polar surface area (TPSA) is 95.5 Å². The van der Waals surface area contributed by atoms with Gasteiger partial charge in [0.15, 0.2) is 14.9 Å². The molecule has 0 bridgehead atoms. The molecule has 0 amide bonds. The minimum Gasteiger partial charge on any atom is -0.480 e. The first-order chi connectivity index (χ1) is 7.22. The van der Waals surface area contributed by atoms with Gasteiger partial charge in [-0.2, -0.15) is 0 Å². The van der Waals surface area contributed by atoms with Crippen molar-refractivity contribution >= 4 is 33.1 Å². The van der Waals surface area contributed by atoms with E-state index in [1.807, 2.05) is 0 Å². The second kappa shape index (κ2) is 4.54. The SMILES string of the molecule is CC1(NC(=S)NCC(=O)O)CCS(=O)(=O)C1. The molecule has 6 nitrogen and oxygen atoms in total. The van der Waals surface area contributed by atoms with E-state index in [1.165, 1.54) is 0 Å². The van der Waals surface area contributed by atoms with Crippen LogP contribution in [0.3, 0.4) is 0 Å². The summed E-state index contributed by atoms with van der Waals surface area (Å²) in [7, 11) is -3.00. The third kappa shape index (κ3) is 3.93. The number of thiocarbonyl (C=S) groups is 1. The highest BCUT2D eigenvalue weighted by atomic mass is 32.2. The lowest BCUT2D eigenvalue weighted by Gasteiger charge is -2.25. The predicted molar refractivity (Wildman–Crippen MR) is 63.0 cm³/mol. The number of carbonyl (C=O) groups is 1. The van der Waals surface area contributed by atoms with Gasteiger partial charge in [-0.3, -0.25) is 4.79 Å². The second-order valence-corrected chi connectivity index (χ2v) is 6.70. The van der Waals surface area contributed by atoms with Crippen molar-refractivity contribution in [1.29, 1.82) is 0 Å². The van der Waals surface area contributed by atoms with Crippen LogP contribution < -0.4 is 10.6 Å². The van der Waals surface area contributed by atoms with Crippen molar-refractivity contribution in [3.63, 3.8) is 0 Å². The van der Waals surface area contributed by atoms with Gasteiger partial charge in [-0.05, 0) is 25.6 Å². The van der Waals surface area contributed by atoms with Gasteiger partial charge in [0.05, 0.1) is 17.0 Å². The molecule has 16 heavy (non-hydrogen) atoms. The van der Waals surface area contributed by atoms with Crippen LogP contribution >= 0.6 is 12.2 Å². The molecular weight excluding hydrogens is 252 g/mol. The van der Waals surface area contributed by atoms with Gasteiger partial charge in [0.25, 0.3) is 0 Å². The van der Waals surface area contributed by atoms with Gasteiger partial charge < -0.3 is 15.7 Å². The third-order valence-electron chi connectivity index (χ3n) is 2.32. The van der Waals surface area contributed by atoms with Gasteiger partial charge in [0.1, 0.15) is 6.54 Å². The highest BCUT2D eigenvalue weighted by molar-refractivity contribution is 7.91. The summed E-state index contributed by atoms with van der Waals surface area (Å²) >= 11 is 4.88. The van der Waals surface area contributed by atoms with Crippen LogP contribution in [0, 0.1) is 0 Å². The zero-order valence-electron chi connectivity index (χ0n) is 8.82. The van der Waals surface area contributed by atoms with Crippen LogP contribution in [0.25, 0.3) is 0 Å². The van der Waals surface area contributed by atoms with E-state index in [1.54, 1.807) is 6.92 Å². The lowest BCUT2D eigenvalue weighted by Crippen LogP contribution is -2.51. The zero-order chi connectivity index (χ0) is 12.4. The minimum absolute atomic E-state index is 0.0227. The summed E-state index contributed by atoms with van der Waals surface area (Å²) in [4.78, 5) is 10.3. The van der Waals surface area contributed by atoms with Crippen LogP contribution in [0.5, 0.6) is 0 Å². The number of rotatable bonds is 3. The standard InChI is InChI=1S/C8H14N2O4S2/c1-8(2-3-16(13,14)5-8)10-7(15)9-4-6(11)12/h2-5H2,1H3,(H,11,12)(H2,9,10,15). The van der Waals surface area contributed by atoms with Crippen molar-refractivity contribution in [2.24, 2.45) is 0 Å². The van der Waals surface area contributed by atoms with E-state index in [0.717, 1.165) is 0 Å². The Balaban J connectivity index is 2.48. The van der Waals surface area contributed by atoms with Crippen LogP contribution in [0.1, 0.15) is 13.3 Å². The Labute approximate surface area is 99.3 Å². The van der Waals surface area contributed by atoms with Crippen molar-refractivity contribution in [3.8, 4) is 0 Å². The molecule has 0 spiro atoms. The molecular formula is C8H14N2O4S2. The largest absolute Gasteiger partial charge is 0.480 e. The normalized spacial score (nSPS) is 27.3. The fourth-order valence-electron chi connectivity index (χ4n) is 1.58. The first kappa shape index (κ1) is 13.2. The molecule has 8 heteroatoms. The van der Waals surface area contributed by atoms with Crippen LogP contribution in [0.4, 0.5) is 0 Å². The van der Waals surface area contributed by atoms with Gasteiger partial charge in [0.2, 0.25) is 0 Å². The molecule has 0 saturated carbocycles. The van der Waals surface area contributed by atoms with Crippen LogP contribution in [-0.4, -0.2) is 48.2 Å². The summed E-state index contributed by atoms with van der Waals surface area (Å²) in [5, 5.41) is 13.9. The second-order valence-electron chi connectivity index (χ2n) is 4.10. The maximum atomic E-state index is 11.3. The molecule has 1 atom stereocenters. The molecule has 0 radical (unpaired) electrons. The molecule has 0 aliphatic carbocycles. The molecule has 3 N–H and O–H groups in total. The van der Waals surface area contributed by atoms with Crippen LogP contribution in [0.15, 0.2) is 0 Å². The summed E-state index contributed by atoms with van der Waals surface area (Å²) in [6.07, 6.45) is 0.476. The van der Waals surface area contributed by atoms with Crippen LogP contribution in [-0.2, 0) is 14.6 Å². The molecule has 1 aliphatic heterocycles. The van der Waals surface area contributed by atoms with Gasteiger partial charge in [0, 0.05) is 0 Å². The molecule has 0 aromatic rings. The average Bonchev–Trinajstić information content (AvgIpc) is 2.37. The van der Waals surface area contributed by atoms with E-state index in [-0.39, 0.29) is 23.2 Å². The van der Waals surface area contributed by atoms with Crippen molar-refractivity contribution in [2.75, 3.05) is 18.1 Å². The number of hydrogen-bond acceptors (Lipinski definition) is 4. The van der Waals surface area contributed by atoms with E-state index in [0.29, 0.717) is 6.42 Å². The number of nitrogens with one attached hydrogen (secondary N) is 2. The monoisotopic (exact) mass is 266 g/mol. The highest BCUT2D eigenvalue weighted by Crippen LogP contribution is 2.22. The van der Waals surface area contributed by atoms with Crippen LogP contribution in [0.2, 0.25) is 0 Å². The first-order valence-electron chi connectivity index (χ1n) is 4.71. The Morgan fingerprint density at radius 2 is 2.19 bits per heavy atom. The number of carboxylic acids is 1. The maximum Gasteiger partial charge on any atom is 0.322 e. The summed E-state index contributed by atoms with van der Waals surface area (Å²) < 4.78 is 22.6. The number of aliphatic carboxylic acids is 1. The first-order valence-corrected chi connectivity index (χ1v) is 6.94. The van der Waals surface area contributed by atoms with Crippen molar-refractivity contribution < 1.29 is 18.3 Å². The molecule has 1 saturated heterocycles. The Kier molecular flexibility index (Phi) is 3.74. The summed E-state index contributed by atoms with van der Waals surface area (Å²) in [5.74, 6) is -0.860. The number of carboxylic acid groups (broad SMARTS) is 1. The smallest absolute Gasteiger partial charge is 0.322 e. The fourth-order valence-corrected chi connectivity index (χ4v) is 3.99. The van der Waals surface area contributed by atoms with Gasteiger partial charge in [-0.1, -0.05) is 0 Å². The average molecular weight is 266 g/mol.